The molecule has 0 aliphatic carbocycles. The Kier molecular flexibility index (Phi) is 8.60. The molecule has 0 spiro atoms. The van der Waals surface area contributed by atoms with Crippen molar-refractivity contribution in [1.82, 2.24) is 5.32 Å². The van der Waals surface area contributed by atoms with Crippen LogP contribution < -0.4 is 19.5 Å². The van der Waals surface area contributed by atoms with Crippen LogP contribution in [-0.2, 0) is 20.7 Å². The number of esters is 1. The molecule has 0 aliphatic heterocycles. The topological polar surface area (TPSA) is 83.1 Å². The molecule has 0 radical (unpaired) electrons. The van der Waals surface area contributed by atoms with E-state index in [9.17, 15) is 9.59 Å². The van der Waals surface area contributed by atoms with E-state index in [-0.39, 0.29) is 25.0 Å². The van der Waals surface area contributed by atoms with Crippen LogP contribution >= 0.6 is 0 Å². The van der Waals surface area contributed by atoms with Crippen molar-refractivity contribution in [3.8, 4) is 17.2 Å². The van der Waals surface area contributed by atoms with Gasteiger partial charge >= 0.3 is 5.97 Å². The molecule has 1 amide bonds. The van der Waals surface area contributed by atoms with Crippen LogP contribution in [0.15, 0.2) is 12.1 Å². The third-order valence-corrected chi connectivity index (χ3v) is 3.57. The van der Waals surface area contributed by atoms with Crippen molar-refractivity contribution in [1.29, 1.82) is 0 Å². The Balaban J connectivity index is 2.64. The van der Waals surface area contributed by atoms with E-state index in [1.165, 1.54) is 21.3 Å². The molecular weight excluding hydrogens is 326 g/mol. The Hall–Kier alpha value is -2.44. The van der Waals surface area contributed by atoms with Gasteiger partial charge in [-0.15, -0.1) is 0 Å². The minimum absolute atomic E-state index is 0.00545. The molecule has 1 rings (SSSR count). The molecule has 0 unspecified atom stereocenters. The molecule has 140 valence electrons. The van der Waals surface area contributed by atoms with Crippen LogP contribution in [0.1, 0.15) is 32.3 Å². The van der Waals surface area contributed by atoms with Crippen LogP contribution in [0.2, 0.25) is 0 Å². The first-order valence-corrected chi connectivity index (χ1v) is 8.18. The molecular formula is C18H27NO6. The lowest BCUT2D eigenvalue weighted by Crippen LogP contribution is -2.35. The van der Waals surface area contributed by atoms with Crippen LogP contribution in [-0.4, -0.2) is 45.9 Å². The zero-order valence-electron chi connectivity index (χ0n) is 15.5. The van der Waals surface area contributed by atoms with Gasteiger partial charge in [0, 0.05) is 6.04 Å². The standard InChI is InChI=1S/C18H27NO6/c1-6-7-12(2)19-16(20)11-25-17(21)10-13-8-14(22-3)18(24-5)15(9-13)23-4/h8-9,12H,6-7,10-11H2,1-5H3,(H,19,20)/t12-/m1/s1. The molecule has 25 heavy (non-hydrogen) atoms. The second kappa shape index (κ2) is 10.4. The van der Waals surface area contributed by atoms with E-state index in [2.05, 4.69) is 5.32 Å². The average molecular weight is 353 g/mol. The van der Waals surface area contributed by atoms with Crippen molar-refractivity contribution in [2.24, 2.45) is 0 Å². The third-order valence-electron chi connectivity index (χ3n) is 3.57. The number of carbonyl (C=O) groups is 2. The lowest BCUT2D eigenvalue weighted by molar-refractivity contribution is -0.148. The van der Waals surface area contributed by atoms with Crippen LogP contribution in [0.3, 0.4) is 0 Å². The first-order valence-electron chi connectivity index (χ1n) is 8.18. The van der Waals surface area contributed by atoms with Gasteiger partial charge < -0.3 is 24.3 Å². The van der Waals surface area contributed by atoms with E-state index in [1.54, 1.807) is 12.1 Å². The zero-order valence-corrected chi connectivity index (χ0v) is 15.5. The third kappa shape index (κ3) is 6.52. The van der Waals surface area contributed by atoms with E-state index >= 15 is 0 Å². The van der Waals surface area contributed by atoms with Gasteiger partial charge in [0.15, 0.2) is 18.1 Å². The number of ether oxygens (including phenoxy) is 4. The fourth-order valence-electron chi connectivity index (χ4n) is 2.42. The van der Waals surface area contributed by atoms with Crippen molar-refractivity contribution in [3.63, 3.8) is 0 Å². The molecule has 0 aliphatic rings. The van der Waals surface area contributed by atoms with E-state index in [0.29, 0.717) is 22.8 Å². The molecule has 0 saturated heterocycles. The highest BCUT2D eigenvalue weighted by atomic mass is 16.5. The van der Waals surface area contributed by atoms with Gasteiger partial charge in [-0.2, -0.15) is 0 Å². The maximum Gasteiger partial charge on any atom is 0.310 e. The number of nitrogens with one attached hydrogen (secondary N) is 1. The highest BCUT2D eigenvalue weighted by Crippen LogP contribution is 2.38. The van der Waals surface area contributed by atoms with Crippen molar-refractivity contribution in [2.45, 2.75) is 39.2 Å². The van der Waals surface area contributed by atoms with Gasteiger partial charge in [0.05, 0.1) is 27.8 Å². The largest absolute Gasteiger partial charge is 0.493 e. The van der Waals surface area contributed by atoms with Gasteiger partial charge in [0.2, 0.25) is 5.75 Å². The molecule has 0 saturated carbocycles. The summed E-state index contributed by atoms with van der Waals surface area (Å²) in [5.41, 5.74) is 0.638. The number of benzene rings is 1. The number of amides is 1. The molecule has 0 aromatic heterocycles. The molecule has 0 fully saturated rings. The van der Waals surface area contributed by atoms with Gasteiger partial charge in [0.1, 0.15) is 0 Å². The average Bonchev–Trinajstić information content (AvgIpc) is 2.59. The lowest BCUT2D eigenvalue weighted by atomic mass is 10.1. The fourth-order valence-corrected chi connectivity index (χ4v) is 2.42. The summed E-state index contributed by atoms with van der Waals surface area (Å²) in [7, 11) is 4.51. The highest BCUT2D eigenvalue weighted by Gasteiger charge is 2.16. The number of carbonyl (C=O) groups excluding carboxylic acids is 2. The first-order chi connectivity index (χ1) is 11.9. The molecule has 1 atom stereocenters. The zero-order chi connectivity index (χ0) is 18.8. The fraction of sp³-hybridized carbons (Fsp3) is 0.556. The summed E-state index contributed by atoms with van der Waals surface area (Å²) < 4.78 is 20.8. The number of rotatable bonds is 10. The number of hydrogen-bond donors (Lipinski definition) is 1. The van der Waals surface area contributed by atoms with Gasteiger partial charge in [-0.1, -0.05) is 13.3 Å². The maximum absolute atomic E-state index is 12.0. The summed E-state index contributed by atoms with van der Waals surface area (Å²) >= 11 is 0. The molecule has 1 aromatic carbocycles. The lowest BCUT2D eigenvalue weighted by Gasteiger charge is -2.14. The van der Waals surface area contributed by atoms with Crippen LogP contribution in [0.25, 0.3) is 0 Å². The quantitative estimate of drug-likeness (QED) is 0.649. The number of methoxy groups -OCH3 is 3. The van der Waals surface area contributed by atoms with Crippen molar-refractivity contribution < 1.29 is 28.5 Å². The van der Waals surface area contributed by atoms with Crippen LogP contribution in [0.4, 0.5) is 0 Å². The smallest absolute Gasteiger partial charge is 0.310 e. The molecule has 7 nitrogen and oxygen atoms in total. The van der Waals surface area contributed by atoms with E-state index in [0.717, 1.165) is 12.8 Å². The van der Waals surface area contributed by atoms with Crippen LogP contribution in [0, 0.1) is 0 Å². The second-order valence-electron chi connectivity index (χ2n) is 5.63. The molecule has 1 aromatic rings. The summed E-state index contributed by atoms with van der Waals surface area (Å²) in [4.78, 5) is 23.7. The molecule has 7 heteroatoms. The van der Waals surface area contributed by atoms with E-state index < -0.39 is 5.97 Å². The molecule has 0 bridgehead atoms. The summed E-state index contributed by atoms with van der Waals surface area (Å²) in [6, 6.07) is 3.41. The normalized spacial score (nSPS) is 11.4. The second-order valence-corrected chi connectivity index (χ2v) is 5.63. The van der Waals surface area contributed by atoms with Crippen molar-refractivity contribution in [3.05, 3.63) is 17.7 Å². The van der Waals surface area contributed by atoms with Gasteiger partial charge in [-0.05, 0) is 31.0 Å². The van der Waals surface area contributed by atoms with Gasteiger partial charge in [-0.3, -0.25) is 9.59 Å². The van der Waals surface area contributed by atoms with Crippen molar-refractivity contribution in [2.75, 3.05) is 27.9 Å². The summed E-state index contributed by atoms with van der Waals surface area (Å²) in [5, 5.41) is 2.78. The molecule has 0 heterocycles. The Labute approximate surface area is 148 Å². The highest BCUT2D eigenvalue weighted by molar-refractivity contribution is 5.81. The molecule has 1 N–H and O–H groups in total. The van der Waals surface area contributed by atoms with Crippen LogP contribution in [0.5, 0.6) is 17.2 Å². The predicted molar refractivity (Wildman–Crippen MR) is 93.3 cm³/mol. The summed E-state index contributed by atoms with van der Waals surface area (Å²) in [6.07, 6.45) is 1.85. The minimum Gasteiger partial charge on any atom is -0.493 e. The summed E-state index contributed by atoms with van der Waals surface area (Å²) in [5.74, 6) is 0.546. The Morgan fingerprint density at radius 3 is 2.16 bits per heavy atom. The Bertz CT molecular complexity index is 562. The summed E-state index contributed by atoms with van der Waals surface area (Å²) in [6.45, 7) is 3.66. The van der Waals surface area contributed by atoms with E-state index in [1.807, 2.05) is 13.8 Å². The van der Waals surface area contributed by atoms with Gasteiger partial charge in [-0.25, -0.2) is 0 Å². The number of hydrogen-bond acceptors (Lipinski definition) is 6. The minimum atomic E-state index is -0.507. The predicted octanol–water partition coefficient (Wildman–Crippen LogP) is 2.10. The maximum atomic E-state index is 12.0. The van der Waals surface area contributed by atoms with Crippen molar-refractivity contribution >= 4 is 11.9 Å². The monoisotopic (exact) mass is 353 g/mol. The Morgan fingerprint density at radius 1 is 1.08 bits per heavy atom. The first kappa shape index (κ1) is 20.6. The SMILES string of the molecule is CCC[C@@H](C)NC(=O)COC(=O)Cc1cc(OC)c(OC)c(OC)c1. The Morgan fingerprint density at radius 2 is 1.68 bits per heavy atom. The van der Waals surface area contributed by atoms with E-state index in [4.69, 9.17) is 18.9 Å². The van der Waals surface area contributed by atoms with Gasteiger partial charge in [0.25, 0.3) is 5.91 Å².